The molecular formula is C65H56BN2. The van der Waals surface area contributed by atoms with Gasteiger partial charge in [-0.25, -0.2) is 0 Å². The Morgan fingerprint density at radius 3 is 1.90 bits per heavy atom. The Morgan fingerprint density at radius 1 is 0.471 bits per heavy atom. The molecule has 3 aliphatic rings. The minimum atomic E-state index is -0.201. The summed E-state index contributed by atoms with van der Waals surface area (Å²) in [6.45, 7) is 19.1. The van der Waals surface area contributed by atoms with Gasteiger partial charge >= 0.3 is 0 Å². The molecule has 1 N–H and O–H groups in total. The van der Waals surface area contributed by atoms with Gasteiger partial charge in [-0.3, -0.25) is 0 Å². The maximum absolute atomic E-state index is 4.06. The molecule has 1 aliphatic heterocycles. The van der Waals surface area contributed by atoms with Gasteiger partial charge in [0.2, 0.25) is 0 Å². The molecule has 0 amide bonds. The van der Waals surface area contributed by atoms with E-state index < -0.39 is 0 Å². The first kappa shape index (κ1) is 41.1. The number of hydrogen-bond donors (Lipinski definition) is 1. The smallest absolute Gasteiger partial charge is 0.197 e. The van der Waals surface area contributed by atoms with Crippen LogP contribution < -0.4 is 16.2 Å². The summed E-state index contributed by atoms with van der Waals surface area (Å²) in [5, 5.41) is 9.12. The molecule has 1 aromatic heterocycles. The van der Waals surface area contributed by atoms with Gasteiger partial charge in [-0.1, -0.05) is 179 Å². The van der Waals surface area contributed by atoms with E-state index in [4.69, 9.17) is 0 Å². The standard InChI is InChI=1S/C65H56BN2/c1-38-22-26-42(27-23-38)67-57-37-53-47(48-35-54-55(36-52(48)65(53,7)8)64(5,6)31-30-63(54,3)4)33-49(57)51-34-50(45-21-15-14-19-43(45)40-16-10-9-11-17-40)59-46-28-25-41-18-12-13-20-44(41)61(46)68-58-29-24-39(2)32-56(58)66-60(51)62(59)68/h9-29,32-37,67H,30-31H2,1-8H3. The van der Waals surface area contributed by atoms with Crippen molar-refractivity contribution in [1.82, 2.24) is 4.57 Å². The van der Waals surface area contributed by atoms with Crippen LogP contribution in [0, 0.1) is 13.8 Å². The summed E-state index contributed by atoms with van der Waals surface area (Å²) in [5.41, 5.74) is 26.8. The van der Waals surface area contributed by atoms with Crippen LogP contribution in [0.4, 0.5) is 11.4 Å². The second kappa shape index (κ2) is 14.5. The fourth-order valence-corrected chi connectivity index (χ4v) is 12.5. The molecule has 1 radical (unpaired) electrons. The van der Waals surface area contributed by atoms with Crippen LogP contribution >= 0.6 is 0 Å². The molecular weight excluding hydrogens is 820 g/mol. The SMILES string of the molecule is Cc1ccc(Nc2cc3c(cc2-c2cc(-c4ccccc4-c4ccccc4)c4c5ccc6ccccc6c5n5c4c2[B]c2cc(C)ccc2-5)-c2cc4c(cc2C3(C)C)C(C)(C)CCC4(C)C)cc1. The molecule has 2 aliphatic carbocycles. The van der Waals surface area contributed by atoms with E-state index in [0.717, 1.165) is 11.4 Å². The van der Waals surface area contributed by atoms with Gasteiger partial charge in [0.1, 0.15) is 0 Å². The second-order valence-electron chi connectivity index (χ2n) is 22.0. The van der Waals surface area contributed by atoms with E-state index in [9.17, 15) is 0 Å². The van der Waals surface area contributed by atoms with E-state index in [1.165, 1.54) is 140 Å². The van der Waals surface area contributed by atoms with Crippen molar-refractivity contribution in [3.8, 4) is 50.2 Å². The van der Waals surface area contributed by atoms with E-state index in [1.807, 2.05) is 0 Å². The number of hydrogen-bond acceptors (Lipinski definition) is 1. The predicted molar refractivity (Wildman–Crippen MR) is 292 cm³/mol. The van der Waals surface area contributed by atoms with Crippen LogP contribution in [-0.2, 0) is 16.2 Å². The zero-order valence-electron chi connectivity index (χ0n) is 40.5. The highest BCUT2D eigenvalue weighted by Crippen LogP contribution is 2.57. The number of aromatic nitrogens is 1. The van der Waals surface area contributed by atoms with Crippen LogP contribution in [-0.4, -0.2) is 11.8 Å². The van der Waals surface area contributed by atoms with Gasteiger partial charge in [0.05, 0.1) is 5.52 Å². The molecule has 0 unspecified atom stereocenters. The maximum atomic E-state index is 4.06. The van der Waals surface area contributed by atoms with Crippen molar-refractivity contribution in [3.05, 3.63) is 197 Å². The molecule has 13 rings (SSSR count). The lowest BCUT2D eigenvalue weighted by atomic mass is 9.58. The number of anilines is 2. The van der Waals surface area contributed by atoms with Crippen molar-refractivity contribution in [2.75, 3.05) is 5.32 Å². The molecule has 0 saturated heterocycles. The quantitative estimate of drug-likeness (QED) is 0.171. The first-order valence-electron chi connectivity index (χ1n) is 24.6. The van der Waals surface area contributed by atoms with Crippen LogP contribution in [0.25, 0.3) is 82.8 Å². The Hall–Kier alpha value is -7.10. The highest BCUT2D eigenvalue weighted by molar-refractivity contribution is 6.73. The van der Waals surface area contributed by atoms with Gasteiger partial charge in [0, 0.05) is 49.7 Å². The van der Waals surface area contributed by atoms with Crippen molar-refractivity contribution < 1.29 is 0 Å². The average Bonchev–Trinajstić information content (AvgIpc) is 3.80. The Bertz CT molecular complexity index is 3770. The predicted octanol–water partition coefficient (Wildman–Crippen LogP) is 15.9. The van der Waals surface area contributed by atoms with Crippen molar-refractivity contribution in [1.29, 1.82) is 0 Å². The van der Waals surface area contributed by atoms with Gasteiger partial charge in [0.15, 0.2) is 7.28 Å². The van der Waals surface area contributed by atoms with Gasteiger partial charge in [0.25, 0.3) is 0 Å². The third-order valence-electron chi connectivity index (χ3n) is 16.4. The molecule has 10 aromatic rings. The number of nitrogens with one attached hydrogen (secondary N) is 1. The average molecular weight is 876 g/mol. The van der Waals surface area contributed by atoms with Crippen molar-refractivity contribution in [3.63, 3.8) is 0 Å². The second-order valence-corrected chi connectivity index (χ2v) is 22.0. The van der Waals surface area contributed by atoms with Crippen LogP contribution in [0.3, 0.4) is 0 Å². The topological polar surface area (TPSA) is 17.0 Å². The summed E-state index contributed by atoms with van der Waals surface area (Å²) in [4.78, 5) is 0. The molecule has 2 nitrogen and oxygen atoms in total. The first-order chi connectivity index (χ1) is 32.8. The summed E-state index contributed by atoms with van der Waals surface area (Å²) in [5.74, 6) is 0. The fraction of sp³-hybridized carbons (Fsp3) is 0.200. The largest absolute Gasteiger partial charge is 0.355 e. The van der Waals surface area contributed by atoms with Gasteiger partial charge < -0.3 is 9.88 Å². The van der Waals surface area contributed by atoms with Crippen molar-refractivity contribution in [2.24, 2.45) is 0 Å². The van der Waals surface area contributed by atoms with Crippen LogP contribution in [0.5, 0.6) is 0 Å². The van der Waals surface area contributed by atoms with Gasteiger partial charge in [-0.05, 0) is 152 Å². The van der Waals surface area contributed by atoms with E-state index in [-0.39, 0.29) is 16.2 Å². The molecule has 9 aromatic carbocycles. The van der Waals surface area contributed by atoms with E-state index in [2.05, 4.69) is 236 Å². The third kappa shape index (κ3) is 5.97. The number of rotatable bonds is 5. The Labute approximate surface area is 402 Å². The molecule has 3 heteroatoms. The normalized spacial score (nSPS) is 15.7. The summed E-state index contributed by atoms with van der Waals surface area (Å²) in [6.07, 6.45) is 2.38. The van der Waals surface area contributed by atoms with E-state index in [0.29, 0.717) is 0 Å². The molecule has 0 saturated carbocycles. The minimum absolute atomic E-state index is 0.0941. The Balaban J connectivity index is 1.19. The third-order valence-corrected chi connectivity index (χ3v) is 16.4. The van der Waals surface area contributed by atoms with Crippen LogP contribution in [0.15, 0.2) is 164 Å². The van der Waals surface area contributed by atoms with Gasteiger partial charge in [-0.15, -0.1) is 0 Å². The lowest BCUT2D eigenvalue weighted by Gasteiger charge is -2.42. The summed E-state index contributed by atoms with van der Waals surface area (Å²) in [7, 11) is 2.50. The molecule has 0 spiro atoms. The number of aryl methyl sites for hydroxylation is 2. The van der Waals surface area contributed by atoms with Crippen LogP contribution in [0.1, 0.15) is 87.8 Å². The van der Waals surface area contributed by atoms with E-state index in [1.54, 1.807) is 0 Å². The summed E-state index contributed by atoms with van der Waals surface area (Å²) in [6, 6.07) is 62.4. The molecule has 0 atom stereocenters. The Morgan fingerprint density at radius 2 is 1.12 bits per heavy atom. The molecule has 0 bridgehead atoms. The van der Waals surface area contributed by atoms with Crippen LogP contribution in [0.2, 0.25) is 0 Å². The maximum Gasteiger partial charge on any atom is 0.197 e. The zero-order valence-corrected chi connectivity index (χ0v) is 40.5. The lowest BCUT2D eigenvalue weighted by Crippen LogP contribution is -2.37. The fourth-order valence-electron chi connectivity index (χ4n) is 12.5. The summed E-state index contributed by atoms with van der Waals surface area (Å²) < 4.78 is 2.62. The molecule has 0 fully saturated rings. The molecule has 2 heterocycles. The summed E-state index contributed by atoms with van der Waals surface area (Å²) >= 11 is 0. The highest BCUT2D eigenvalue weighted by Gasteiger charge is 2.43. The first-order valence-corrected chi connectivity index (χ1v) is 24.6. The van der Waals surface area contributed by atoms with E-state index >= 15 is 0 Å². The minimum Gasteiger partial charge on any atom is -0.355 e. The lowest BCUT2D eigenvalue weighted by molar-refractivity contribution is 0.331. The number of fused-ring (bicyclic) bond motifs is 11. The highest BCUT2D eigenvalue weighted by atomic mass is 15.0. The van der Waals surface area contributed by atoms with Crippen molar-refractivity contribution >= 4 is 62.2 Å². The molecule has 68 heavy (non-hydrogen) atoms. The van der Waals surface area contributed by atoms with Crippen molar-refractivity contribution in [2.45, 2.75) is 84.5 Å². The number of nitrogens with zero attached hydrogens (tertiary/aromatic N) is 1. The van der Waals surface area contributed by atoms with Gasteiger partial charge in [-0.2, -0.15) is 0 Å². The zero-order chi connectivity index (χ0) is 46.4. The number of benzene rings is 9. The monoisotopic (exact) mass is 875 g/mol. The Kier molecular flexibility index (Phi) is 8.74. The molecule has 329 valence electrons.